The Labute approximate surface area is 129 Å². The zero-order chi connectivity index (χ0) is 15.9. The number of hydrogen-bond donors (Lipinski definition) is 2. The Morgan fingerprint density at radius 2 is 2.27 bits per heavy atom. The van der Waals surface area contributed by atoms with Gasteiger partial charge in [0.05, 0.1) is 11.5 Å². The average Bonchev–Trinajstić information content (AvgIpc) is 2.54. The highest BCUT2D eigenvalue weighted by atomic mass is 16.6. The first-order chi connectivity index (χ1) is 10.6. The van der Waals surface area contributed by atoms with Crippen LogP contribution >= 0.6 is 0 Å². The Bertz CT molecular complexity index is 529. The van der Waals surface area contributed by atoms with Gasteiger partial charge in [0.2, 0.25) is 5.91 Å². The quantitative estimate of drug-likeness (QED) is 0.608. The van der Waals surface area contributed by atoms with Crippen LogP contribution in [-0.4, -0.2) is 44.1 Å². The molecule has 0 saturated carbocycles. The van der Waals surface area contributed by atoms with Crippen LogP contribution in [0.25, 0.3) is 0 Å². The predicted molar refractivity (Wildman–Crippen MR) is 85.0 cm³/mol. The molecule has 1 unspecified atom stereocenters. The van der Waals surface area contributed by atoms with Gasteiger partial charge in [0.1, 0.15) is 5.69 Å². The van der Waals surface area contributed by atoms with Crippen molar-refractivity contribution >= 4 is 17.3 Å². The van der Waals surface area contributed by atoms with E-state index in [1.54, 1.807) is 30.1 Å². The summed E-state index contributed by atoms with van der Waals surface area (Å²) in [6.07, 6.45) is 2.25. The van der Waals surface area contributed by atoms with E-state index in [-0.39, 0.29) is 18.1 Å². The fraction of sp³-hybridized carbons (Fsp3) is 0.533. The van der Waals surface area contributed by atoms with E-state index in [0.717, 1.165) is 25.9 Å². The van der Waals surface area contributed by atoms with Crippen molar-refractivity contribution in [3.8, 4) is 0 Å². The van der Waals surface area contributed by atoms with Crippen LogP contribution in [0.3, 0.4) is 0 Å². The molecule has 1 aromatic rings. The second-order valence-corrected chi connectivity index (χ2v) is 5.62. The summed E-state index contributed by atoms with van der Waals surface area (Å²) < 4.78 is 0. The lowest BCUT2D eigenvalue weighted by atomic mass is 10.00. The lowest BCUT2D eigenvalue weighted by Gasteiger charge is -2.24. The molecule has 7 nitrogen and oxygen atoms in total. The van der Waals surface area contributed by atoms with Crippen molar-refractivity contribution in [1.82, 2.24) is 10.6 Å². The zero-order valence-electron chi connectivity index (χ0n) is 12.7. The summed E-state index contributed by atoms with van der Waals surface area (Å²) >= 11 is 0. The second-order valence-electron chi connectivity index (χ2n) is 5.62. The van der Waals surface area contributed by atoms with E-state index >= 15 is 0 Å². The summed E-state index contributed by atoms with van der Waals surface area (Å²) in [6.45, 7) is 2.73. The molecule has 22 heavy (non-hydrogen) atoms. The third-order valence-corrected chi connectivity index (χ3v) is 3.86. The zero-order valence-corrected chi connectivity index (χ0v) is 12.7. The van der Waals surface area contributed by atoms with Crippen molar-refractivity contribution in [3.63, 3.8) is 0 Å². The van der Waals surface area contributed by atoms with Gasteiger partial charge >= 0.3 is 0 Å². The molecule has 0 radical (unpaired) electrons. The van der Waals surface area contributed by atoms with E-state index in [1.807, 2.05) is 0 Å². The number of carbonyl (C=O) groups excluding carboxylic acids is 1. The lowest BCUT2D eigenvalue weighted by Crippen LogP contribution is -2.41. The van der Waals surface area contributed by atoms with Gasteiger partial charge in [-0.25, -0.2) is 0 Å². The van der Waals surface area contributed by atoms with Crippen LogP contribution in [-0.2, 0) is 4.79 Å². The molecule has 1 amide bonds. The summed E-state index contributed by atoms with van der Waals surface area (Å²) in [5.74, 6) is 0.347. The molecule has 7 heteroatoms. The number of nitro benzene ring substituents is 1. The smallest absolute Gasteiger partial charge is 0.292 e. The number of amides is 1. The molecular formula is C15H22N4O3. The monoisotopic (exact) mass is 306 g/mol. The summed E-state index contributed by atoms with van der Waals surface area (Å²) in [5, 5.41) is 17.2. The van der Waals surface area contributed by atoms with Gasteiger partial charge in [0.25, 0.3) is 5.69 Å². The number of rotatable bonds is 6. The van der Waals surface area contributed by atoms with Gasteiger partial charge in [-0.3, -0.25) is 14.9 Å². The molecule has 1 atom stereocenters. The standard InChI is InChI=1S/C15H22N4O3/c1-18(13-6-2-3-7-14(13)19(21)22)11-15(20)17-10-12-5-4-8-16-9-12/h2-3,6-7,12,16H,4-5,8-11H2,1H3,(H,17,20). The number of hydrogen-bond acceptors (Lipinski definition) is 5. The van der Waals surface area contributed by atoms with Gasteiger partial charge in [-0.2, -0.15) is 0 Å². The fourth-order valence-corrected chi connectivity index (χ4v) is 2.65. The molecular weight excluding hydrogens is 284 g/mol. The van der Waals surface area contributed by atoms with Gasteiger partial charge in [-0.1, -0.05) is 12.1 Å². The van der Waals surface area contributed by atoms with E-state index in [9.17, 15) is 14.9 Å². The van der Waals surface area contributed by atoms with Gasteiger partial charge in [-0.05, 0) is 37.9 Å². The van der Waals surface area contributed by atoms with Crippen LogP contribution in [0, 0.1) is 16.0 Å². The van der Waals surface area contributed by atoms with Crippen molar-refractivity contribution in [1.29, 1.82) is 0 Å². The van der Waals surface area contributed by atoms with Crippen LogP contribution in [0.15, 0.2) is 24.3 Å². The first-order valence-electron chi connectivity index (χ1n) is 7.50. The first kappa shape index (κ1) is 16.2. The maximum absolute atomic E-state index is 12.0. The van der Waals surface area contributed by atoms with Crippen molar-refractivity contribution in [2.24, 2.45) is 5.92 Å². The maximum Gasteiger partial charge on any atom is 0.292 e. The molecule has 1 fully saturated rings. The number of nitrogens with one attached hydrogen (secondary N) is 2. The number of para-hydroxylation sites is 2. The Kier molecular flexibility index (Phi) is 5.71. The Balaban J connectivity index is 1.87. The van der Waals surface area contributed by atoms with Gasteiger partial charge < -0.3 is 15.5 Å². The third kappa shape index (κ3) is 4.42. The topological polar surface area (TPSA) is 87.5 Å². The first-order valence-corrected chi connectivity index (χ1v) is 7.50. The highest BCUT2D eigenvalue weighted by molar-refractivity contribution is 5.82. The molecule has 0 spiro atoms. The third-order valence-electron chi connectivity index (χ3n) is 3.86. The van der Waals surface area contributed by atoms with E-state index in [2.05, 4.69) is 10.6 Å². The normalized spacial score (nSPS) is 17.8. The van der Waals surface area contributed by atoms with E-state index in [1.165, 1.54) is 6.07 Å². The molecule has 1 heterocycles. The molecule has 0 bridgehead atoms. The van der Waals surface area contributed by atoms with Crippen molar-refractivity contribution in [2.75, 3.05) is 38.1 Å². The van der Waals surface area contributed by atoms with Gasteiger partial charge in [0.15, 0.2) is 0 Å². The molecule has 0 aliphatic carbocycles. The summed E-state index contributed by atoms with van der Waals surface area (Å²) in [7, 11) is 1.68. The highest BCUT2D eigenvalue weighted by Gasteiger charge is 2.19. The SMILES string of the molecule is CN(CC(=O)NCC1CCCNC1)c1ccccc1[N+](=O)[O-]. The van der Waals surface area contributed by atoms with Crippen molar-refractivity contribution < 1.29 is 9.72 Å². The Hall–Kier alpha value is -2.15. The Morgan fingerprint density at radius 3 is 2.95 bits per heavy atom. The number of anilines is 1. The average molecular weight is 306 g/mol. The highest BCUT2D eigenvalue weighted by Crippen LogP contribution is 2.26. The largest absolute Gasteiger partial charge is 0.360 e. The number of nitrogens with zero attached hydrogens (tertiary/aromatic N) is 2. The summed E-state index contributed by atoms with van der Waals surface area (Å²) in [6, 6.07) is 6.43. The molecule has 1 aromatic carbocycles. The Morgan fingerprint density at radius 1 is 1.50 bits per heavy atom. The summed E-state index contributed by atoms with van der Waals surface area (Å²) in [5.41, 5.74) is 0.455. The van der Waals surface area contributed by atoms with Crippen molar-refractivity contribution in [3.05, 3.63) is 34.4 Å². The molecule has 2 rings (SSSR count). The fourth-order valence-electron chi connectivity index (χ4n) is 2.65. The summed E-state index contributed by atoms with van der Waals surface area (Å²) in [4.78, 5) is 24.2. The number of nitro groups is 1. The molecule has 2 N–H and O–H groups in total. The van der Waals surface area contributed by atoms with E-state index < -0.39 is 4.92 Å². The van der Waals surface area contributed by atoms with Gasteiger partial charge in [-0.15, -0.1) is 0 Å². The number of likely N-dealkylation sites (N-methyl/N-ethyl adjacent to an activating group) is 1. The lowest BCUT2D eigenvalue weighted by molar-refractivity contribution is -0.384. The number of benzene rings is 1. The molecule has 120 valence electrons. The molecule has 1 aliphatic rings. The van der Waals surface area contributed by atoms with E-state index in [4.69, 9.17) is 0 Å². The number of carbonyl (C=O) groups is 1. The minimum absolute atomic E-state index is 0.00859. The van der Waals surface area contributed by atoms with Crippen LogP contribution in [0.4, 0.5) is 11.4 Å². The molecule has 1 saturated heterocycles. The predicted octanol–water partition coefficient (Wildman–Crippen LogP) is 1.15. The maximum atomic E-state index is 12.0. The second kappa shape index (κ2) is 7.74. The minimum atomic E-state index is -0.433. The molecule has 0 aromatic heterocycles. The van der Waals surface area contributed by atoms with Crippen molar-refractivity contribution in [2.45, 2.75) is 12.8 Å². The number of piperidine rings is 1. The van der Waals surface area contributed by atoms with Crippen LogP contribution < -0.4 is 15.5 Å². The van der Waals surface area contributed by atoms with Crippen LogP contribution in [0.5, 0.6) is 0 Å². The molecule has 1 aliphatic heterocycles. The minimum Gasteiger partial charge on any atom is -0.360 e. The van der Waals surface area contributed by atoms with Crippen LogP contribution in [0.2, 0.25) is 0 Å². The van der Waals surface area contributed by atoms with Gasteiger partial charge in [0, 0.05) is 19.7 Å². The van der Waals surface area contributed by atoms with E-state index in [0.29, 0.717) is 18.2 Å². The van der Waals surface area contributed by atoms with Crippen LogP contribution in [0.1, 0.15) is 12.8 Å².